The van der Waals surface area contributed by atoms with E-state index in [1.54, 1.807) is 6.07 Å². The van der Waals surface area contributed by atoms with Crippen molar-refractivity contribution in [3.05, 3.63) is 29.8 Å². The standard InChI is InChI=1S/C16H22N2O2/c1-11-6-5-7-13(8-11)18-14(19)9-12(17-15(18)20)10-16(2,3)4/h5-8,12H,9-10H2,1-4H3,(H,17,20). The van der Waals surface area contributed by atoms with Crippen LogP contribution in [0.2, 0.25) is 0 Å². The van der Waals surface area contributed by atoms with Crippen molar-refractivity contribution in [1.29, 1.82) is 0 Å². The minimum atomic E-state index is -0.318. The van der Waals surface area contributed by atoms with Crippen molar-refractivity contribution in [2.45, 2.75) is 46.6 Å². The lowest BCUT2D eigenvalue weighted by Gasteiger charge is -2.34. The van der Waals surface area contributed by atoms with Crippen molar-refractivity contribution in [1.82, 2.24) is 5.32 Å². The van der Waals surface area contributed by atoms with Gasteiger partial charge >= 0.3 is 6.03 Å². The van der Waals surface area contributed by atoms with Gasteiger partial charge in [0.1, 0.15) is 0 Å². The lowest BCUT2D eigenvalue weighted by atomic mass is 9.86. The van der Waals surface area contributed by atoms with Crippen LogP contribution in [0.3, 0.4) is 0 Å². The minimum Gasteiger partial charge on any atom is -0.334 e. The maximum atomic E-state index is 12.3. The topological polar surface area (TPSA) is 49.4 Å². The number of hydrogen-bond donors (Lipinski definition) is 1. The highest BCUT2D eigenvalue weighted by atomic mass is 16.2. The summed E-state index contributed by atoms with van der Waals surface area (Å²) in [5, 5.41) is 2.94. The van der Waals surface area contributed by atoms with Gasteiger partial charge in [0.25, 0.3) is 0 Å². The molecule has 0 radical (unpaired) electrons. The molecule has 4 nitrogen and oxygen atoms in total. The molecule has 1 aromatic carbocycles. The molecule has 1 saturated heterocycles. The molecule has 20 heavy (non-hydrogen) atoms. The predicted octanol–water partition coefficient (Wildman–Crippen LogP) is 3.25. The molecule has 0 aliphatic carbocycles. The van der Waals surface area contributed by atoms with Gasteiger partial charge in [0.15, 0.2) is 0 Å². The van der Waals surface area contributed by atoms with Crippen molar-refractivity contribution >= 4 is 17.6 Å². The molecule has 3 amide bonds. The molecule has 108 valence electrons. The Morgan fingerprint density at radius 1 is 1.30 bits per heavy atom. The average Bonchev–Trinajstić information content (AvgIpc) is 2.25. The van der Waals surface area contributed by atoms with Crippen LogP contribution in [0.5, 0.6) is 0 Å². The number of nitrogens with zero attached hydrogens (tertiary/aromatic N) is 1. The number of imide groups is 1. The number of nitrogens with one attached hydrogen (secondary N) is 1. The van der Waals surface area contributed by atoms with Gasteiger partial charge in [-0.25, -0.2) is 9.69 Å². The van der Waals surface area contributed by atoms with E-state index < -0.39 is 0 Å². The first kappa shape index (κ1) is 14.6. The van der Waals surface area contributed by atoms with Crippen LogP contribution in [0, 0.1) is 12.3 Å². The first-order chi connectivity index (χ1) is 9.26. The van der Waals surface area contributed by atoms with Gasteiger partial charge in [-0.3, -0.25) is 4.79 Å². The quantitative estimate of drug-likeness (QED) is 0.900. The van der Waals surface area contributed by atoms with Crippen molar-refractivity contribution in [3.8, 4) is 0 Å². The highest BCUT2D eigenvalue weighted by molar-refractivity contribution is 6.16. The zero-order valence-corrected chi connectivity index (χ0v) is 12.6. The van der Waals surface area contributed by atoms with E-state index in [1.165, 1.54) is 4.90 Å². The fourth-order valence-electron chi connectivity index (χ4n) is 2.60. The smallest absolute Gasteiger partial charge is 0.328 e. The molecular formula is C16H22N2O2. The molecule has 1 N–H and O–H groups in total. The van der Waals surface area contributed by atoms with Crippen LogP contribution in [0.25, 0.3) is 0 Å². The van der Waals surface area contributed by atoms with Gasteiger partial charge in [-0.1, -0.05) is 32.9 Å². The van der Waals surface area contributed by atoms with Crippen LogP contribution in [0.1, 0.15) is 39.2 Å². The Balaban J connectivity index is 2.16. The first-order valence-corrected chi connectivity index (χ1v) is 6.96. The second-order valence-corrected chi connectivity index (χ2v) is 6.68. The van der Waals surface area contributed by atoms with Crippen LogP contribution in [0.4, 0.5) is 10.5 Å². The number of rotatable bonds is 2. The molecule has 0 bridgehead atoms. The zero-order chi connectivity index (χ0) is 14.9. The summed E-state index contributed by atoms with van der Waals surface area (Å²) in [6.45, 7) is 8.27. The van der Waals surface area contributed by atoms with Crippen LogP contribution in [-0.2, 0) is 4.79 Å². The minimum absolute atomic E-state index is 0.0731. The van der Waals surface area contributed by atoms with E-state index in [-0.39, 0.29) is 23.4 Å². The fraction of sp³-hybridized carbons (Fsp3) is 0.500. The lowest BCUT2D eigenvalue weighted by Crippen LogP contribution is -2.55. The fourth-order valence-corrected chi connectivity index (χ4v) is 2.60. The normalized spacial score (nSPS) is 20.0. The van der Waals surface area contributed by atoms with Gasteiger partial charge < -0.3 is 5.32 Å². The van der Waals surface area contributed by atoms with Crippen molar-refractivity contribution in [2.24, 2.45) is 5.41 Å². The SMILES string of the molecule is Cc1cccc(N2C(=O)CC(CC(C)(C)C)NC2=O)c1. The molecular weight excluding hydrogens is 252 g/mol. The van der Waals surface area contributed by atoms with Crippen molar-refractivity contribution < 1.29 is 9.59 Å². The third-order valence-corrected chi connectivity index (χ3v) is 3.32. The third kappa shape index (κ3) is 3.38. The van der Waals surface area contributed by atoms with E-state index in [4.69, 9.17) is 0 Å². The molecule has 1 atom stereocenters. The molecule has 0 spiro atoms. The van der Waals surface area contributed by atoms with Crippen LogP contribution >= 0.6 is 0 Å². The Hall–Kier alpha value is -1.84. The summed E-state index contributed by atoms with van der Waals surface area (Å²) in [5.41, 5.74) is 1.76. The molecule has 4 heteroatoms. The van der Waals surface area contributed by atoms with E-state index in [1.807, 2.05) is 25.1 Å². The van der Waals surface area contributed by atoms with Crippen LogP contribution in [-0.4, -0.2) is 18.0 Å². The van der Waals surface area contributed by atoms with Gasteiger partial charge in [-0.05, 0) is 36.5 Å². The molecule has 1 fully saturated rings. The van der Waals surface area contributed by atoms with Gasteiger partial charge in [-0.2, -0.15) is 0 Å². The van der Waals surface area contributed by atoms with E-state index in [0.29, 0.717) is 12.1 Å². The van der Waals surface area contributed by atoms with Gasteiger partial charge in [-0.15, -0.1) is 0 Å². The maximum absolute atomic E-state index is 12.3. The Kier molecular flexibility index (Phi) is 3.84. The summed E-state index contributed by atoms with van der Waals surface area (Å²) in [6.07, 6.45) is 1.16. The summed E-state index contributed by atoms with van der Waals surface area (Å²) in [5.74, 6) is -0.131. The largest absolute Gasteiger partial charge is 0.334 e. The number of urea groups is 1. The van der Waals surface area contributed by atoms with E-state index >= 15 is 0 Å². The number of carbonyl (C=O) groups excluding carboxylic acids is 2. The Morgan fingerprint density at radius 3 is 2.55 bits per heavy atom. The summed E-state index contributed by atoms with van der Waals surface area (Å²) >= 11 is 0. The highest BCUT2D eigenvalue weighted by Crippen LogP contribution is 2.26. The molecule has 2 rings (SSSR count). The van der Waals surface area contributed by atoms with Crippen molar-refractivity contribution in [3.63, 3.8) is 0 Å². The number of hydrogen-bond acceptors (Lipinski definition) is 2. The summed E-state index contributed by atoms with van der Waals surface area (Å²) in [7, 11) is 0. The number of aryl methyl sites for hydroxylation is 1. The molecule has 0 saturated carbocycles. The van der Waals surface area contributed by atoms with E-state index in [0.717, 1.165) is 12.0 Å². The molecule has 1 aromatic rings. The molecule has 0 aromatic heterocycles. The average molecular weight is 274 g/mol. The second-order valence-electron chi connectivity index (χ2n) is 6.68. The zero-order valence-electron chi connectivity index (χ0n) is 12.6. The molecule has 1 heterocycles. The lowest BCUT2D eigenvalue weighted by molar-refractivity contribution is -0.119. The summed E-state index contributed by atoms with van der Waals surface area (Å²) in [6, 6.07) is 7.04. The Labute approximate surface area is 120 Å². The molecule has 1 unspecified atom stereocenters. The maximum Gasteiger partial charge on any atom is 0.328 e. The second kappa shape index (κ2) is 5.27. The summed E-state index contributed by atoms with van der Waals surface area (Å²) in [4.78, 5) is 25.7. The van der Waals surface area contributed by atoms with E-state index in [9.17, 15) is 9.59 Å². The van der Waals surface area contributed by atoms with Crippen LogP contribution < -0.4 is 10.2 Å². The molecule has 1 aliphatic rings. The summed E-state index contributed by atoms with van der Waals surface area (Å²) < 4.78 is 0. The molecule has 1 aliphatic heterocycles. The van der Waals surface area contributed by atoms with Gasteiger partial charge in [0.05, 0.1) is 5.69 Å². The van der Waals surface area contributed by atoms with Crippen molar-refractivity contribution in [2.75, 3.05) is 4.90 Å². The van der Waals surface area contributed by atoms with Gasteiger partial charge in [0.2, 0.25) is 5.91 Å². The Bertz CT molecular complexity index is 514. The number of benzene rings is 1. The number of anilines is 1. The van der Waals surface area contributed by atoms with Gasteiger partial charge in [0, 0.05) is 12.5 Å². The Morgan fingerprint density at radius 2 is 2.00 bits per heavy atom. The van der Waals surface area contributed by atoms with E-state index in [2.05, 4.69) is 26.1 Å². The third-order valence-electron chi connectivity index (χ3n) is 3.32. The van der Waals surface area contributed by atoms with Crippen LogP contribution in [0.15, 0.2) is 24.3 Å². The monoisotopic (exact) mass is 274 g/mol. The number of amides is 3. The first-order valence-electron chi connectivity index (χ1n) is 6.96. The number of carbonyl (C=O) groups is 2. The highest BCUT2D eigenvalue weighted by Gasteiger charge is 2.34. The predicted molar refractivity (Wildman–Crippen MR) is 79.7 cm³/mol.